The fourth-order valence-electron chi connectivity index (χ4n) is 3.08. The van der Waals surface area contributed by atoms with E-state index in [2.05, 4.69) is 0 Å². The van der Waals surface area contributed by atoms with Crippen LogP contribution < -0.4 is 5.73 Å². The number of thioether (sulfide) groups is 1. The molecule has 0 bridgehead atoms. The molecule has 2 aliphatic heterocycles. The summed E-state index contributed by atoms with van der Waals surface area (Å²) in [5.41, 5.74) is 6.49. The number of carbonyl (C=O) groups is 1. The fourth-order valence-corrected chi connectivity index (χ4v) is 4.94. The summed E-state index contributed by atoms with van der Waals surface area (Å²) in [5, 5.41) is 0.674. The third-order valence-electron chi connectivity index (χ3n) is 4.29. The number of halogens is 2. The van der Waals surface area contributed by atoms with Crippen LogP contribution in [-0.2, 0) is 4.74 Å². The number of hydrogen-bond donors (Lipinski definition) is 1. The van der Waals surface area contributed by atoms with Crippen LogP contribution in [0.1, 0.15) is 29.6 Å². The Labute approximate surface area is 138 Å². The molecule has 2 aliphatic rings. The van der Waals surface area contributed by atoms with Gasteiger partial charge in [0.15, 0.2) is 5.78 Å². The molecule has 2 N–H and O–H groups in total. The van der Waals surface area contributed by atoms with E-state index >= 15 is 0 Å². The average Bonchev–Trinajstić information content (AvgIpc) is 2.91. The molecule has 21 heavy (non-hydrogen) atoms. The van der Waals surface area contributed by atoms with Gasteiger partial charge in [0.2, 0.25) is 0 Å². The normalized spacial score (nSPS) is 29.0. The zero-order valence-corrected chi connectivity index (χ0v) is 13.9. The van der Waals surface area contributed by atoms with E-state index in [1.165, 1.54) is 0 Å². The van der Waals surface area contributed by atoms with Crippen molar-refractivity contribution in [2.45, 2.75) is 24.9 Å². The molecule has 2 heterocycles. The number of rotatable bonds is 2. The maximum atomic E-state index is 12.7. The highest BCUT2D eigenvalue weighted by Crippen LogP contribution is 2.41. The molecule has 2 unspecified atom stereocenters. The van der Waals surface area contributed by atoms with Gasteiger partial charge in [0.25, 0.3) is 0 Å². The van der Waals surface area contributed by atoms with Crippen LogP contribution in [-0.4, -0.2) is 29.5 Å². The van der Waals surface area contributed by atoms with Crippen molar-refractivity contribution in [3.63, 3.8) is 0 Å². The maximum absolute atomic E-state index is 12.7. The highest BCUT2D eigenvalue weighted by Gasteiger charge is 2.42. The highest BCUT2D eigenvalue weighted by atomic mass is 35.5. The summed E-state index contributed by atoms with van der Waals surface area (Å²) < 4.78 is 5.96. The number of carbonyl (C=O) groups excluding carboxylic acids is 1. The molecule has 6 heteroatoms. The van der Waals surface area contributed by atoms with Crippen molar-refractivity contribution in [1.82, 2.24) is 0 Å². The SMILES string of the molecule is Nc1c(Cl)cc(C(=O)C2CCOC3(CCSC3)C2)cc1Cl. The van der Waals surface area contributed by atoms with E-state index < -0.39 is 0 Å². The lowest BCUT2D eigenvalue weighted by molar-refractivity contribution is -0.0734. The summed E-state index contributed by atoms with van der Waals surface area (Å²) in [5.74, 6) is 2.17. The Kier molecular flexibility index (Phi) is 4.42. The molecule has 1 spiro atoms. The van der Waals surface area contributed by atoms with Crippen LogP contribution in [0.2, 0.25) is 10.0 Å². The number of hydrogen-bond acceptors (Lipinski definition) is 4. The number of anilines is 1. The lowest BCUT2D eigenvalue weighted by Gasteiger charge is -2.37. The summed E-state index contributed by atoms with van der Waals surface area (Å²) in [6.07, 6.45) is 2.58. The Bertz CT molecular complexity index is 550. The van der Waals surface area contributed by atoms with Gasteiger partial charge >= 0.3 is 0 Å². The summed E-state index contributed by atoms with van der Waals surface area (Å²) in [7, 11) is 0. The van der Waals surface area contributed by atoms with Crippen LogP contribution in [0.4, 0.5) is 5.69 Å². The van der Waals surface area contributed by atoms with Gasteiger partial charge < -0.3 is 10.5 Å². The minimum atomic E-state index is -0.107. The van der Waals surface area contributed by atoms with Gasteiger partial charge in [-0.05, 0) is 37.1 Å². The molecule has 0 aromatic heterocycles. The molecular formula is C15H17Cl2NO2S. The highest BCUT2D eigenvalue weighted by molar-refractivity contribution is 7.99. The van der Waals surface area contributed by atoms with E-state index in [1.54, 1.807) is 12.1 Å². The summed E-state index contributed by atoms with van der Waals surface area (Å²) in [6.45, 7) is 0.646. The molecule has 0 radical (unpaired) electrons. The summed E-state index contributed by atoms with van der Waals surface area (Å²) >= 11 is 14.0. The maximum Gasteiger partial charge on any atom is 0.166 e. The fraction of sp³-hybridized carbons (Fsp3) is 0.533. The second kappa shape index (κ2) is 5.99. The van der Waals surface area contributed by atoms with Gasteiger partial charge in [-0.15, -0.1) is 0 Å². The molecule has 1 aromatic carbocycles. The Hall–Kier alpha value is -0.420. The Morgan fingerprint density at radius 3 is 2.71 bits per heavy atom. The monoisotopic (exact) mass is 345 g/mol. The first-order chi connectivity index (χ1) is 10.0. The smallest absolute Gasteiger partial charge is 0.166 e. The first kappa shape index (κ1) is 15.5. The van der Waals surface area contributed by atoms with Gasteiger partial charge in [-0.1, -0.05) is 23.2 Å². The minimum Gasteiger partial charge on any atom is -0.396 e. The second-order valence-electron chi connectivity index (χ2n) is 5.74. The first-order valence-corrected chi connectivity index (χ1v) is 8.92. The van der Waals surface area contributed by atoms with Crippen molar-refractivity contribution >= 4 is 46.4 Å². The van der Waals surface area contributed by atoms with E-state index in [1.807, 2.05) is 11.8 Å². The van der Waals surface area contributed by atoms with Crippen molar-refractivity contribution in [2.24, 2.45) is 5.92 Å². The topological polar surface area (TPSA) is 52.3 Å². The number of Topliss-reactive ketones (excluding diaryl/α,β-unsaturated/α-hetero) is 1. The molecule has 0 amide bonds. The molecule has 0 aliphatic carbocycles. The first-order valence-electron chi connectivity index (χ1n) is 7.01. The van der Waals surface area contributed by atoms with E-state index in [9.17, 15) is 4.79 Å². The molecule has 3 rings (SSSR count). The molecule has 0 saturated carbocycles. The van der Waals surface area contributed by atoms with Crippen molar-refractivity contribution in [3.8, 4) is 0 Å². The second-order valence-corrected chi connectivity index (χ2v) is 7.66. The lowest BCUT2D eigenvalue weighted by atomic mass is 9.81. The lowest BCUT2D eigenvalue weighted by Crippen LogP contribution is -2.42. The Balaban J connectivity index is 1.81. The third-order valence-corrected chi connectivity index (χ3v) is 6.14. The van der Waals surface area contributed by atoms with Crippen molar-refractivity contribution in [2.75, 3.05) is 23.8 Å². The van der Waals surface area contributed by atoms with Crippen LogP contribution in [0.3, 0.4) is 0 Å². The van der Waals surface area contributed by atoms with E-state index in [0.29, 0.717) is 27.9 Å². The van der Waals surface area contributed by atoms with Crippen LogP contribution in [0.5, 0.6) is 0 Å². The Morgan fingerprint density at radius 1 is 1.38 bits per heavy atom. The van der Waals surface area contributed by atoms with Crippen molar-refractivity contribution in [3.05, 3.63) is 27.7 Å². The zero-order chi connectivity index (χ0) is 15.0. The predicted molar refractivity (Wildman–Crippen MR) is 88.6 cm³/mol. The number of benzene rings is 1. The molecule has 1 aromatic rings. The number of ketones is 1. The third kappa shape index (κ3) is 3.04. The molecule has 2 saturated heterocycles. The van der Waals surface area contributed by atoms with Crippen LogP contribution in [0.25, 0.3) is 0 Å². The number of nitrogens with two attached hydrogens (primary N) is 1. The minimum absolute atomic E-state index is 0.0202. The van der Waals surface area contributed by atoms with E-state index in [4.69, 9.17) is 33.7 Å². The van der Waals surface area contributed by atoms with Gasteiger partial charge in [0.05, 0.1) is 21.3 Å². The van der Waals surface area contributed by atoms with Crippen molar-refractivity contribution in [1.29, 1.82) is 0 Å². The van der Waals surface area contributed by atoms with Crippen LogP contribution in [0, 0.1) is 5.92 Å². The largest absolute Gasteiger partial charge is 0.396 e. The molecule has 2 atom stereocenters. The van der Waals surface area contributed by atoms with E-state index in [0.717, 1.165) is 30.8 Å². The predicted octanol–water partition coefficient (Wildman–Crippen LogP) is 4.06. The number of nitrogen functional groups attached to an aromatic ring is 1. The van der Waals surface area contributed by atoms with Gasteiger partial charge in [-0.3, -0.25) is 4.79 Å². The van der Waals surface area contributed by atoms with Gasteiger partial charge in [0.1, 0.15) is 0 Å². The van der Waals surface area contributed by atoms with Crippen molar-refractivity contribution < 1.29 is 9.53 Å². The summed E-state index contributed by atoms with van der Waals surface area (Å²) in [4.78, 5) is 12.7. The zero-order valence-electron chi connectivity index (χ0n) is 11.5. The van der Waals surface area contributed by atoms with Gasteiger partial charge in [-0.2, -0.15) is 11.8 Å². The van der Waals surface area contributed by atoms with Crippen LogP contribution >= 0.6 is 35.0 Å². The molecular weight excluding hydrogens is 329 g/mol. The molecule has 2 fully saturated rings. The van der Waals surface area contributed by atoms with Crippen LogP contribution in [0.15, 0.2) is 12.1 Å². The Morgan fingerprint density at radius 2 is 2.10 bits per heavy atom. The van der Waals surface area contributed by atoms with Gasteiger partial charge in [0, 0.05) is 23.8 Å². The van der Waals surface area contributed by atoms with Gasteiger partial charge in [-0.25, -0.2) is 0 Å². The number of ether oxygens (including phenoxy) is 1. The molecule has 114 valence electrons. The standard InChI is InChI=1S/C15H17Cl2NO2S/c16-11-5-10(6-12(17)13(11)18)14(19)9-1-3-20-15(7-9)2-4-21-8-15/h5-6,9H,1-4,7-8,18H2. The summed E-state index contributed by atoms with van der Waals surface area (Å²) in [6, 6.07) is 3.24. The quantitative estimate of drug-likeness (QED) is 0.648. The van der Waals surface area contributed by atoms with E-state index in [-0.39, 0.29) is 17.3 Å². The molecule has 3 nitrogen and oxygen atoms in total. The average molecular weight is 346 g/mol.